The van der Waals surface area contributed by atoms with E-state index >= 15 is 0 Å². The van der Waals surface area contributed by atoms with Crippen LogP contribution in [0.3, 0.4) is 0 Å². The zero-order valence-corrected chi connectivity index (χ0v) is 10.5. The maximum atomic E-state index is 12.3. The molecule has 0 aliphatic carbocycles. The van der Waals surface area contributed by atoms with Gasteiger partial charge in [0.2, 0.25) is 0 Å². The van der Waals surface area contributed by atoms with Crippen molar-refractivity contribution in [3.05, 3.63) is 32.6 Å². The molecule has 0 radical (unpaired) electrons. The fourth-order valence-corrected chi connectivity index (χ4v) is 2.36. The highest BCUT2D eigenvalue weighted by molar-refractivity contribution is 5.93. The Bertz CT molecular complexity index is 563. The number of hydrogen-bond donors (Lipinski definition) is 3. The van der Waals surface area contributed by atoms with E-state index in [4.69, 9.17) is 0 Å². The molecule has 1 atom stereocenters. The zero-order chi connectivity index (χ0) is 13.8. The van der Waals surface area contributed by atoms with Crippen LogP contribution in [0.2, 0.25) is 0 Å². The van der Waals surface area contributed by atoms with E-state index in [0.717, 1.165) is 31.9 Å². The molecular formula is C12H17N3O4. The minimum atomic E-state index is -0.699. The summed E-state index contributed by atoms with van der Waals surface area (Å²) in [6, 6.07) is -0.263. The molecule has 2 heterocycles. The number of carbonyl (C=O) groups excluding carboxylic acids is 1. The average Bonchev–Trinajstić information content (AvgIpc) is 2.63. The number of nitrogens with one attached hydrogen (secondary N) is 2. The number of aliphatic hydroxyl groups excluding tert-OH is 1. The number of aromatic amines is 2. The van der Waals surface area contributed by atoms with Gasteiger partial charge >= 0.3 is 5.69 Å². The molecule has 104 valence electrons. The van der Waals surface area contributed by atoms with Crippen LogP contribution in [0.4, 0.5) is 0 Å². The molecule has 1 aliphatic heterocycles. The van der Waals surface area contributed by atoms with E-state index < -0.39 is 17.2 Å². The van der Waals surface area contributed by atoms with Gasteiger partial charge in [0.05, 0.1) is 12.6 Å². The maximum absolute atomic E-state index is 12.3. The van der Waals surface area contributed by atoms with E-state index in [1.165, 1.54) is 4.90 Å². The molecule has 1 aromatic heterocycles. The molecule has 1 saturated heterocycles. The summed E-state index contributed by atoms with van der Waals surface area (Å²) in [4.78, 5) is 40.7. The molecule has 1 fully saturated rings. The normalized spacial score (nSPS) is 20.1. The lowest BCUT2D eigenvalue weighted by Gasteiger charge is -2.28. The average molecular weight is 267 g/mol. The number of aliphatic hydroxyl groups is 1. The molecule has 2 rings (SSSR count). The highest BCUT2D eigenvalue weighted by atomic mass is 16.3. The minimum absolute atomic E-state index is 0.0973. The Kier molecular flexibility index (Phi) is 4.16. The lowest BCUT2D eigenvalue weighted by molar-refractivity contribution is 0.0597. The number of H-pyrrole nitrogens is 2. The molecule has 0 spiro atoms. The predicted octanol–water partition coefficient (Wildman–Crippen LogP) is -0.560. The number of likely N-dealkylation sites (tertiary alicyclic amines) is 1. The standard InChI is InChI=1S/C12H17N3O4/c16-7-8-4-2-1-3-5-15(8)11(18)9-6-13-12(19)14-10(9)17/h6,8,16H,1-5,7H2,(H2,13,14,17,19). The SMILES string of the molecule is O=C(c1c[nH]c(=O)[nH]c1=O)N1CCCCCC1CO. The van der Waals surface area contributed by atoms with Crippen molar-refractivity contribution in [2.24, 2.45) is 0 Å². The molecule has 1 amide bonds. The third-order valence-electron chi connectivity index (χ3n) is 3.40. The van der Waals surface area contributed by atoms with Gasteiger partial charge in [-0.15, -0.1) is 0 Å². The first kappa shape index (κ1) is 13.5. The first-order valence-corrected chi connectivity index (χ1v) is 6.37. The number of carbonyl (C=O) groups is 1. The Hall–Kier alpha value is -1.89. The van der Waals surface area contributed by atoms with E-state index in [-0.39, 0.29) is 18.2 Å². The Labute approximate surface area is 109 Å². The second kappa shape index (κ2) is 5.83. The maximum Gasteiger partial charge on any atom is 0.325 e. The van der Waals surface area contributed by atoms with Gasteiger partial charge < -0.3 is 15.0 Å². The molecule has 7 heteroatoms. The van der Waals surface area contributed by atoms with Gasteiger partial charge in [0.1, 0.15) is 5.56 Å². The van der Waals surface area contributed by atoms with Crippen molar-refractivity contribution in [2.45, 2.75) is 31.7 Å². The van der Waals surface area contributed by atoms with Crippen molar-refractivity contribution in [1.82, 2.24) is 14.9 Å². The van der Waals surface area contributed by atoms with Crippen LogP contribution in [-0.2, 0) is 0 Å². The van der Waals surface area contributed by atoms with Crippen molar-refractivity contribution in [2.75, 3.05) is 13.2 Å². The predicted molar refractivity (Wildman–Crippen MR) is 68.1 cm³/mol. The quantitative estimate of drug-likeness (QED) is 0.667. The summed E-state index contributed by atoms with van der Waals surface area (Å²) in [5, 5.41) is 9.36. The Morgan fingerprint density at radius 2 is 2.16 bits per heavy atom. The van der Waals surface area contributed by atoms with E-state index in [2.05, 4.69) is 4.98 Å². The monoisotopic (exact) mass is 267 g/mol. The number of aromatic nitrogens is 2. The summed E-state index contributed by atoms with van der Waals surface area (Å²) in [7, 11) is 0. The van der Waals surface area contributed by atoms with Crippen LogP contribution in [0.1, 0.15) is 36.0 Å². The van der Waals surface area contributed by atoms with Gasteiger partial charge in [-0.2, -0.15) is 0 Å². The molecule has 3 N–H and O–H groups in total. The van der Waals surface area contributed by atoms with E-state index in [0.29, 0.717) is 6.54 Å². The lowest BCUT2D eigenvalue weighted by atomic mass is 10.1. The summed E-state index contributed by atoms with van der Waals surface area (Å²) in [5.74, 6) is -0.446. The van der Waals surface area contributed by atoms with Crippen molar-refractivity contribution in [3.63, 3.8) is 0 Å². The zero-order valence-electron chi connectivity index (χ0n) is 10.5. The Morgan fingerprint density at radius 1 is 1.37 bits per heavy atom. The topological polar surface area (TPSA) is 106 Å². The van der Waals surface area contributed by atoms with Crippen LogP contribution in [0, 0.1) is 0 Å². The van der Waals surface area contributed by atoms with Crippen molar-refractivity contribution >= 4 is 5.91 Å². The molecule has 1 unspecified atom stereocenters. The lowest BCUT2D eigenvalue weighted by Crippen LogP contribution is -2.44. The van der Waals surface area contributed by atoms with Crippen molar-refractivity contribution in [1.29, 1.82) is 0 Å². The van der Waals surface area contributed by atoms with Gasteiger partial charge in [-0.25, -0.2) is 4.79 Å². The largest absolute Gasteiger partial charge is 0.394 e. The van der Waals surface area contributed by atoms with Crippen molar-refractivity contribution in [3.8, 4) is 0 Å². The smallest absolute Gasteiger partial charge is 0.325 e. The third kappa shape index (κ3) is 2.93. The summed E-state index contributed by atoms with van der Waals surface area (Å²) in [6.45, 7) is 0.398. The van der Waals surface area contributed by atoms with E-state index in [1.54, 1.807) is 0 Å². The number of rotatable bonds is 2. The second-order valence-corrected chi connectivity index (χ2v) is 4.67. The highest BCUT2D eigenvalue weighted by Crippen LogP contribution is 2.17. The van der Waals surface area contributed by atoms with Crippen LogP contribution in [0.25, 0.3) is 0 Å². The van der Waals surface area contributed by atoms with Crippen LogP contribution in [-0.4, -0.2) is 45.1 Å². The van der Waals surface area contributed by atoms with Gasteiger partial charge in [0.15, 0.2) is 0 Å². The summed E-state index contributed by atoms with van der Waals surface area (Å²) in [6.07, 6.45) is 4.66. The number of amides is 1. The van der Waals surface area contributed by atoms with E-state index in [1.807, 2.05) is 4.98 Å². The van der Waals surface area contributed by atoms with E-state index in [9.17, 15) is 19.5 Å². The fourth-order valence-electron chi connectivity index (χ4n) is 2.36. The molecule has 0 bridgehead atoms. The summed E-state index contributed by atoms with van der Waals surface area (Å²) in [5.41, 5.74) is -1.44. The second-order valence-electron chi connectivity index (χ2n) is 4.67. The molecule has 1 aromatic rings. The number of hydrogen-bond acceptors (Lipinski definition) is 4. The van der Waals surface area contributed by atoms with Gasteiger partial charge in [-0.1, -0.05) is 12.8 Å². The van der Waals surface area contributed by atoms with Gasteiger partial charge in [-0.05, 0) is 12.8 Å². The van der Waals surface area contributed by atoms with Gasteiger partial charge in [0.25, 0.3) is 11.5 Å². The van der Waals surface area contributed by atoms with Crippen molar-refractivity contribution < 1.29 is 9.90 Å². The number of nitrogens with zero attached hydrogens (tertiary/aromatic N) is 1. The van der Waals surface area contributed by atoms with Crippen LogP contribution in [0.15, 0.2) is 15.8 Å². The molecule has 0 saturated carbocycles. The van der Waals surface area contributed by atoms with Crippen LogP contribution in [0.5, 0.6) is 0 Å². The minimum Gasteiger partial charge on any atom is -0.394 e. The third-order valence-corrected chi connectivity index (χ3v) is 3.40. The molecule has 7 nitrogen and oxygen atoms in total. The van der Waals surface area contributed by atoms with Gasteiger partial charge in [-0.3, -0.25) is 14.6 Å². The molecule has 0 aromatic carbocycles. The highest BCUT2D eigenvalue weighted by Gasteiger charge is 2.27. The van der Waals surface area contributed by atoms with Crippen LogP contribution >= 0.6 is 0 Å². The summed E-state index contributed by atoms with van der Waals surface area (Å²) < 4.78 is 0. The molecule has 1 aliphatic rings. The Balaban J connectivity index is 2.30. The fraction of sp³-hybridized carbons (Fsp3) is 0.583. The Morgan fingerprint density at radius 3 is 2.84 bits per heavy atom. The first-order chi connectivity index (χ1) is 9.13. The molecular weight excluding hydrogens is 250 g/mol. The summed E-state index contributed by atoms with van der Waals surface area (Å²) >= 11 is 0. The van der Waals surface area contributed by atoms with Crippen LogP contribution < -0.4 is 11.2 Å². The molecule has 19 heavy (non-hydrogen) atoms. The van der Waals surface area contributed by atoms with Gasteiger partial charge in [0, 0.05) is 12.7 Å². The first-order valence-electron chi connectivity index (χ1n) is 6.37.